The molecule has 2 unspecified atom stereocenters. The second kappa shape index (κ2) is 5.99. The molecule has 2 nitrogen and oxygen atoms in total. The van der Waals surface area contributed by atoms with E-state index in [4.69, 9.17) is 9.47 Å². The second-order valence-corrected chi connectivity index (χ2v) is 3.83. The first kappa shape index (κ1) is 13.4. The van der Waals surface area contributed by atoms with Gasteiger partial charge < -0.3 is 9.47 Å². The van der Waals surface area contributed by atoms with Crippen LogP contribution < -0.4 is 0 Å². The maximum Gasteiger partial charge on any atom is 0.0829 e. The molecule has 0 aliphatic carbocycles. The molecule has 0 bridgehead atoms. The van der Waals surface area contributed by atoms with Crippen LogP contribution in [0.3, 0.4) is 0 Å². The number of methoxy groups -OCH3 is 2. The van der Waals surface area contributed by atoms with Gasteiger partial charge in [-0.05, 0) is 26.7 Å². The molecule has 2 atom stereocenters. The van der Waals surface area contributed by atoms with Crippen LogP contribution in [0.4, 0.5) is 0 Å². The number of hydrogen-bond donors (Lipinski definition) is 0. The van der Waals surface area contributed by atoms with Crippen LogP contribution in [0.5, 0.6) is 0 Å². The van der Waals surface area contributed by atoms with Crippen molar-refractivity contribution in [2.24, 2.45) is 0 Å². The molecule has 0 aromatic heterocycles. The van der Waals surface area contributed by atoms with Gasteiger partial charge in [-0.1, -0.05) is 18.2 Å². The molecule has 0 fully saturated rings. The van der Waals surface area contributed by atoms with Gasteiger partial charge in [0.25, 0.3) is 0 Å². The molecule has 0 aromatic carbocycles. The number of ether oxygens (including phenoxy) is 2. The van der Waals surface area contributed by atoms with E-state index in [1.54, 1.807) is 14.2 Å². The van der Waals surface area contributed by atoms with Crippen molar-refractivity contribution in [3.63, 3.8) is 0 Å². The Hall–Kier alpha value is -0.600. The molecule has 0 radical (unpaired) electrons. The van der Waals surface area contributed by atoms with E-state index >= 15 is 0 Å². The average molecular weight is 198 g/mol. The molecule has 0 saturated heterocycles. The highest BCUT2D eigenvalue weighted by Gasteiger charge is 2.21. The van der Waals surface area contributed by atoms with Crippen molar-refractivity contribution in [1.29, 1.82) is 0 Å². The Bertz CT molecular complexity index is 198. The smallest absolute Gasteiger partial charge is 0.0829 e. The third-order valence-corrected chi connectivity index (χ3v) is 2.64. The molecule has 0 aliphatic rings. The zero-order chi connectivity index (χ0) is 11.2. The molecular weight excluding hydrogens is 176 g/mol. The Kier molecular flexibility index (Phi) is 5.73. The summed E-state index contributed by atoms with van der Waals surface area (Å²) in [6.07, 6.45) is 3.74. The van der Waals surface area contributed by atoms with Crippen molar-refractivity contribution in [1.82, 2.24) is 0 Å². The minimum Gasteiger partial charge on any atom is -0.377 e. The maximum absolute atomic E-state index is 5.36. The highest BCUT2D eigenvalue weighted by atomic mass is 16.5. The van der Waals surface area contributed by atoms with Crippen LogP contribution in [0.15, 0.2) is 24.8 Å². The SMILES string of the molecule is C=CC(C)(CCC(OC)C(=C)C)OC. The Balaban J connectivity index is 4.13. The van der Waals surface area contributed by atoms with E-state index in [0.717, 1.165) is 18.4 Å². The van der Waals surface area contributed by atoms with Crippen molar-refractivity contribution in [3.8, 4) is 0 Å². The van der Waals surface area contributed by atoms with Crippen LogP contribution in [-0.4, -0.2) is 25.9 Å². The normalized spacial score (nSPS) is 17.1. The van der Waals surface area contributed by atoms with Gasteiger partial charge in [-0.2, -0.15) is 0 Å². The van der Waals surface area contributed by atoms with E-state index in [-0.39, 0.29) is 11.7 Å². The largest absolute Gasteiger partial charge is 0.377 e. The van der Waals surface area contributed by atoms with Crippen LogP contribution in [0.25, 0.3) is 0 Å². The molecule has 0 amide bonds. The fourth-order valence-electron chi connectivity index (χ4n) is 1.27. The molecular formula is C12H22O2. The Morgan fingerprint density at radius 2 is 2.07 bits per heavy atom. The van der Waals surface area contributed by atoms with E-state index in [2.05, 4.69) is 13.2 Å². The van der Waals surface area contributed by atoms with Crippen molar-refractivity contribution >= 4 is 0 Å². The summed E-state index contributed by atoms with van der Waals surface area (Å²) >= 11 is 0. The summed E-state index contributed by atoms with van der Waals surface area (Å²) in [6.45, 7) is 11.6. The molecule has 2 heteroatoms. The monoisotopic (exact) mass is 198 g/mol. The van der Waals surface area contributed by atoms with Crippen molar-refractivity contribution in [2.75, 3.05) is 14.2 Å². The molecule has 14 heavy (non-hydrogen) atoms. The quantitative estimate of drug-likeness (QED) is 0.585. The third-order valence-electron chi connectivity index (χ3n) is 2.64. The molecule has 0 heterocycles. The summed E-state index contributed by atoms with van der Waals surface area (Å²) in [5, 5.41) is 0. The summed E-state index contributed by atoms with van der Waals surface area (Å²) in [7, 11) is 3.40. The van der Waals surface area contributed by atoms with E-state index < -0.39 is 0 Å². The molecule has 0 N–H and O–H groups in total. The van der Waals surface area contributed by atoms with Crippen LogP contribution in [0, 0.1) is 0 Å². The highest BCUT2D eigenvalue weighted by Crippen LogP contribution is 2.21. The molecule has 0 aliphatic heterocycles. The fourth-order valence-corrected chi connectivity index (χ4v) is 1.27. The molecule has 0 aromatic rings. The lowest BCUT2D eigenvalue weighted by atomic mass is 9.96. The second-order valence-electron chi connectivity index (χ2n) is 3.83. The molecule has 0 rings (SSSR count). The molecule has 0 spiro atoms. The molecule has 82 valence electrons. The minimum absolute atomic E-state index is 0.115. The van der Waals surface area contributed by atoms with Gasteiger partial charge in [0.15, 0.2) is 0 Å². The zero-order valence-corrected chi connectivity index (χ0v) is 9.80. The summed E-state index contributed by atoms with van der Waals surface area (Å²) in [6, 6.07) is 0. The Morgan fingerprint density at radius 1 is 1.50 bits per heavy atom. The maximum atomic E-state index is 5.36. The zero-order valence-electron chi connectivity index (χ0n) is 9.80. The van der Waals surface area contributed by atoms with Gasteiger partial charge in [-0.3, -0.25) is 0 Å². The predicted molar refractivity (Wildman–Crippen MR) is 60.5 cm³/mol. The summed E-state index contributed by atoms with van der Waals surface area (Å²) in [5.74, 6) is 0. The minimum atomic E-state index is -0.258. The van der Waals surface area contributed by atoms with Crippen molar-refractivity contribution in [3.05, 3.63) is 24.8 Å². The van der Waals surface area contributed by atoms with E-state index in [0.29, 0.717) is 0 Å². The Morgan fingerprint density at radius 3 is 2.36 bits per heavy atom. The topological polar surface area (TPSA) is 18.5 Å². The lowest BCUT2D eigenvalue weighted by Crippen LogP contribution is -2.26. The van der Waals surface area contributed by atoms with Gasteiger partial charge in [-0.15, -0.1) is 6.58 Å². The predicted octanol–water partition coefficient (Wildman–Crippen LogP) is 2.95. The standard InChI is InChI=1S/C12H22O2/c1-7-12(4,14-6)9-8-11(13-5)10(2)3/h7,11H,1-2,8-9H2,3-6H3. The van der Waals surface area contributed by atoms with E-state index in [1.165, 1.54) is 0 Å². The number of hydrogen-bond acceptors (Lipinski definition) is 2. The average Bonchev–Trinajstić information content (AvgIpc) is 2.18. The first-order valence-electron chi connectivity index (χ1n) is 4.86. The van der Waals surface area contributed by atoms with Gasteiger partial charge in [0.2, 0.25) is 0 Å². The fraction of sp³-hybridized carbons (Fsp3) is 0.667. The van der Waals surface area contributed by atoms with Crippen LogP contribution in [0.2, 0.25) is 0 Å². The number of rotatable bonds is 7. The van der Waals surface area contributed by atoms with E-state index in [1.807, 2.05) is 19.9 Å². The summed E-state index contributed by atoms with van der Waals surface area (Å²) in [4.78, 5) is 0. The summed E-state index contributed by atoms with van der Waals surface area (Å²) in [5.41, 5.74) is 0.793. The van der Waals surface area contributed by atoms with E-state index in [9.17, 15) is 0 Å². The lowest BCUT2D eigenvalue weighted by molar-refractivity contribution is 0.0246. The van der Waals surface area contributed by atoms with Crippen LogP contribution >= 0.6 is 0 Å². The Labute approximate surface area is 87.6 Å². The first-order valence-corrected chi connectivity index (χ1v) is 4.86. The summed E-state index contributed by atoms with van der Waals surface area (Å²) < 4.78 is 10.7. The van der Waals surface area contributed by atoms with Crippen LogP contribution in [-0.2, 0) is 9.47 Å². The van der Waals surface area contributed by atoms with Crippen molar-refractivity contribution in [2.45, 2.75) is 38.4 Å². The first-order chi connectivity index (χ1) is 6.49. The van der Waals surface area contributed by atoms with Gasteiger partial charge in [0.05, 0.1) is 11.7 Å². The van der Waals surface area contributed by atoms with Gasteiger partial charge in [0, 0.05) is 14.2 Å². The van der Waals surface area contributed by atoms with Gasteiger partial charge in [0.1, 0.15) is 0 Å². The van der Waals surface area contributed by atoms with Gasteiger partial charge >= 0.3 is 0 Å². The molecule has 0 saturated carbocycles. The van der Waals surface area contributed by atoms with Gasteiger partial charge in [-0.25, -0.2) is 0 Å². The highest BCUT2D eigenvalue weighted by molar-refractivity contribution is 5.00. The third kappa shape index (κ3) is 4.07. The van der Waals surface area contributed by atoms with Crippen LogP contribution in [0.1, 0.15) is 26.7 Å². The van der Waals surface area contributed by atoms with Crippen molar-refractivity contribution < 1.29 is 9.47 Å². The lowest BCUT2D eigenvalue weighted by Gasteiger charge is -2.26.